The minimum atomic E-state index is -3.52. The summed E-state index contributed by atoms with van der Waals surface area (Å²) in [5.74, 6) is -1.66. The number of pyridine rings is 2. The summed E-state index contributed by atoms with van der Waals surface area (Å²) >= 11 is 0. The van der Waals surface area contributed by atoms with Gasteiger partial charge in [-0.05, 0) is 35.7 Å². The first kappa shape index (κ1) is 27.6. The number of aromatic nitrogens is 2. The molecule has 3 heterocycles. The average Bonchev–Trinajstić information content (AvgIpc) is 2.87. The molecule has 0 atom stereocenters. The molecule has 0 saturated carbocycles. The van der Waals surface area contributed by atoms with Gasteiger partial charge in [0.05, 0.1) is 25.0 Å². The summed E-state index contributed by atoms with van der Waals surface area (Å²) in [4.78, 5) is 32.9. The van der Waals surface area contributed by atoms with Gasteiger partial charge in [-0.1, -0.05) is 12.1 Å². The highest BCUT2D eigenvalue weighted by Crippen LogP contribution is 2.26. The number of sulfonamides is 1. The van der Waals surface area contributed by atoms with Gasteiger partial charge in [0, 0.05) is 45.5 Å². The van der Waals surface area contributed by atoms with Crippen LogP contribution in [0, 0.1) is 5.82 Å². The third-order valence-electron chi connectivity index (χ3n) is 6.20. The Morgan fingerprint density at radius 1 is 1.13 bits per heavy atom. The lowest BCUT2D eigenvalue weighted by atomic mass is 10.1. The molecule has 0 bridgehead atoms. The summed E-state index contributed by atoms with van der Waals surface area (Å²) in [5, 5.41) is 13.6. The number of rotatable bonds is 10. The summed E-state index contributed by atoms with van der Waals surface area (Å²) < 4.78 is 45.3. The summed E-state index contributed by atoms with van der Waals surface area (Å²) in [6.07, 6.45) is 2.89. The van der Waals surface area contributed by atoms with Crippen molar-refractivity contribution >= 4 is 27.0 Å². The molecule has 11 nitrogen and oxygen atoms in total. The third kappa shape index (κ3) is 6.92. The molecule has 0 spiro atoms. The van der Waals surface area contributed by atoms with Crippen LogP contribution in [0.2, 0.25) is 0 Å². The number of carbonyl (C=O) groups excluding carboxylic acids is 1. The number of hydrogen-bond donors (Lipinski definition) is 3. The summed E-state index contributed by atoms with van der Waals surface area (Å²) in [6, 6.07) is 7.58. The maximum atomic E-state index is 13.4. The van der Waals surface area contributed by atoms with Crippen molar-refractivity contribution in [3.8, 4) is 5.75 Å². The normalized spacial score (nSPS) is 14.6. The van der Waals surface area contributed by atoms with E-state index in [9.17, 15) is 27.5 Å². The molecule has 1 aliphatic heterocycles. The van der Waals surface area contributed by atoms with Crippen molar-refractivity contribution in [2.45, 2.75) is 13.0 Å². The van der Waals surface area contributed by atoms with E-state index in [2.05, 4.69) is 19.9 Å². The molecule has 1 saturated heterocycles. The second-order valence-electron chi connectivity index (χ2n) is 9.07. The van der Waals surface area contributed by atoms with Gasteiger partial charge in [0.15, 0.2) is 5.75 Å². The SMILES string of the molecule is CS(=O)(=O)NCCn1c(=O)c(C(=O)NCCN2CCOCC2)c(O)c2ncc(Cc3ccc(F)cc3)cc21. The lowest BCUT2D eigenvalue weighted by Crippen LogP contribution is -2.42. The van der Waals surface area contributed by atoms with E-state index in [0.717, 1.165) is 24.9 Å². The molecular formula is C25H30FN5O6S. The zero-order valence-corrected chi connectivity index (χ0v) is 21.8. The van der Waals surface area contributed by atoms with Crippen molar-refractivity contribution in [2.75, 3.05) is 52.2 Å². The fourth-order valence-corrected chi connectivity index (χ4v) is 4.75. The number of aromatic hydroxyl groups is 1. The zero-order chi connectivity index (χ0) is 27.3. The topological polar surface area (TPSA) is 143 Å². The predicted octanol–water partition coefficient (Wildman–Crippen LogP) is 0.443. The first-order valence-corrected chi connectivity index (χ1v) is 14.0. The minimum Gasteiger partial charge on any atom is -0.505 e. The van der Waals surface area contributed by atoms with Crippen LogP contribution >= 0.6 is 0 Å². The van der Waals surface area contributed by atoms with Gasteiger partial charge in [0.1, 0.15) is 16.9 Å². The zero-order valence-electron chi connectivity index (χ0n) is 20.9. The molecule has 38 heavy (non-hydrogen) atoms. The number of hydrogen-bond acceptors (Lipinski definition) is 8. The van der Waals surface area contributed by atoms with Crippen LogP contribution in [-0.2, 0) is 27.7 Å². The van der Waals surface area contributed by atoms with Crippen LogP contribution in [0.25, 0.3) is 11.0 Å². The highest BCUT2D eigenvalue weighted by atomic mass is 32.2. The molecule has 2 aromatic heterocycles. The molecule has 0 aliphatic carbocycles. The lowest BCUT2D eigenvalue weighted by molar-refractivity contribution is 0.0383. The maximum absolute atomic E-state index is 13.4. The number of amides is 1. The molecule has 0 unspecified atom stereocenters. The Labute approximate surface area is 219 Å². The largest absolute Gasteiger partial charge is 0.505 e. The average molecular weight is 548 g/mol. The molecule has 3 aromatic rings. The van der Waals surface area contributed by atoms with Gasteiger partial charge in [-0.15, -0.1) is 0 Å². The Morgan fingerprint density at radius 2 is 1.84 bits per heavy atom. The Hall–Kier alpha value is -3.39. The van der Waals surface area contributed by atoms with Gasteiger partial charge in [0.2, 0.25) is 10.0 Å². The van der Waals surface area contributed by atoms with Gasteiger partial charge in [-0.2, -0.15) is 0 Å². The number of carbonyl (C=O) groups is 1. The van der Waals surface area contributed by atoms with E-state index >= 15 is 0 Å². The molecule has 4 rings (SSSR count). The van der Waals surface area contributed by atoms with E-state index in [-0.39, 0.29) is 36.5 Å². The van der Waals surface area contributed by atoms with Crippen molar-refractivity contribution < 1.29 is 27.4 Å². The standard InChI is InChI=1S/C25H30FN5O6S/c1-38(35,36)29-7-9-31-20-15-18(14-17-2-4-19(26)5-3-17)16-28-22(20)23(32)21(25(31)34)24(33)27-6-8-30-10-12-37-13-11-30/h2-5,15-16,29,32H,6-14H2,1H3,(H,27,33). The summed E-state index contributed by atoms with van der Waals surface area (Å²) in [5.41, 5.74) is 0.529. The fraction of sp³-hybridized carbons (Fsp3) is 0.400. The monoisotopic (exact) mass is 547 g/mol. The number of nitrogens with one attached hydrogen (secondary N) is 2. The molecule has 1 aromatic carbocycles. The number of fused-ring (bicyclic) bond motifs is 1. The Kier molecular flexibility index (Phi) is 8.72. The van der Waals surface area contributed by atoms with E-state index in [1.54, 1.807) is 18.2 Å². The van der Waals surface area contributed by atoms with E-state index in [1.165, 1.54) is 22.9 Å². The fourth-order valence-electron chi connectivity index (χ4n) is 4.29. The first-order valence-electron chi connectivity index (χ1n) is 12.1. The highest BCUT2D eigenvalue weighted by molar-refractivity contribution is 7.88. The Bertz CT molecular complexity index is 1470. The van der Waals surface area contributed by atoms with Gasteiger partial charge >= 0.3 is 0 Å². The quantitative estimate of drug-likeness (QED) is 0.332. The van der Waals surface area contributed by atoms with Crippen molar-refractivity contribution in [1.82, 2.24) is 24.5 Å². The maximum Gasteiger partial charge on any atom is 0.267 e. The van der Waals surface area contributed by atoms with Gasteiger partial charge in [0.25, 0.3) is 11.5 Å². The van der Waals surface area contributed by atoms with Crippen LogP contribution in [0.4, 0.5) is 4.39 Å². The number of nitrogens with zero attached hydrogens (tertiary/aromatic N) is 3. The van der Waals surface area contributed by atoms with Gasteiger partial charge < -0.3 is 19.7 Å². The molecule has 204 valence electrons. The lowest BCUT2D eigenvalue weighted by Gasteiger charge is -2.26. The summed E-state index contributed by atoms with van der Waals surface area (Å²) in [7, 11) is -3.52. The third-order valence-corrected chi connectivity index (χ3v) is 6.93. The minimum absolute atomic E-state index is 0.0325. The number of morpholine rings is 1. The Morgan fingerprint density at radius 3 is 2.53 bits per heavy atom. The van der Waals surface area contributed by atoms with Gasteiger partial charge in [-0.3, -0.25) is 19.5 Å². The van der Waals surface area contributed by atoms with Crippen LogP contribution in [-0.4, -0.2) is 86.1 Å². The predicted molar refractivity (Wildman–Crippen MR) is 139 cm³/mol. The molecule has 1 aliphatic rings. The highest BCUT2D eigenvalue weighted by Gasteiger charge is 2.24. The molecule has 0 radical (unpaired) electrons. The van der Waals surface area contributed by atoms with Crippen LogP contribution in [0.15, 0.2) is 41.3 Å². The first-order chi connectivity index (χ1) is 18.1. The van der Waals surface area contributed by atoms with Crippen molar-refractivity contribution in [3.05, 3.63) is 69.4 Å². The Balaban J connectivity index is 1.65. The number of ether oxygens (including phenoxy) is 1. The number of halogens is 1. The molecule has 3 N–H and O–H groups in total. The van der Waals surface area contributed by atoms with Gasteiger partial charge in [-0.25, -0.2) is 17.5 Å². The second-order valence-corrected chi connectivity index (χ2v) is 10.9. The van der Waals surface area contributed by atoms with E-state index in [4.69, 9.17) is 4.74 Å². The van der Waals surface area contributed by atoms with Crippen LogP contribution in [0.1, 0.15) is 21.5 Å². The van der Waals surface area contributed by atoms with E-state index < -0.39 is 32.8 Å². The van der Waals surface area contributed by atoms with Crippen LogP contribution in [0.3, 0.4) is 0 Å². The summed E-state index contributed by atoms with van der Waals surface area (Å²) in [6.45, 7) is 3.30. The molecule has 13 heteroatoms. The molecular weight excluding hydrogens is 517 g/mol. The second kappa shape index (κ2) is 12.0. The van der Waals surface area contributed by atoms with E-state index in [0.29, 0.717) is 31.7 Å². The van der Waals surface area contributed by atoms with Crippen LogP contribution in [0.5, 0.6) is 5.75 Å². The smallest absolute Gasteiger partial charge is 0.267 e. The van der Waals surface area contributed by atoms with Crippen molar-refractivity contribution in [3.63, 3.8) is 0 Å². The van der Waals surface area contributed by atoms with Crippen molar-refractivity contribution in [2.24, 2.45) is 0 Å². The number of benzene rings is 1. The molecule has 1 fully saturated rings. The van der Waals surface area contributed by atoms with Crippen molar-refractivity contribution in [1.29, 1.82) is 0 Å². The van der Waals surface area contributed by atoms with E-state index in [1.807, 2.05) is 0 Å². The molecule has 1 amide bonds. The van der Waals surface area contributed by atoms with Crippen LogP contribution < -0.4 is 15.6 Å².